The highest BCUT2D eigenvalue weighted by Crippen LogP contribution is 2.13. The number of benzene rings is 2. The van der Waals surface area contributed by atoms with Crippen LogP contribution in [0.4, 0.5) is 11.6 Å². The number of thiocarbonyl (C=S) groups is 1. The summed E-state index contributed by atoms with van der Waals surface area (Å²) in [4.78, 5) is 15.6. The summed E-state index contributed by atoms with van der Waals surface area (Å²) in [6.45, 7) is 2.07. The van der Waals surface area contributed by atoms with Crippen molar-refractivity contribution in [3.05, 3.63) is 71.0 Å². The van der Waals surface area contributed by atoms with Crippen molar-refractivity contribution in [1.82, 2.24) is 14.8 Å². The second kappa shape index (κ2) is 8.07. The summed E-state index contributed by atoms with van der Waals surface area (Å²) in [5.74, 6) is 0.376. The van der Waals surface area contributed by atoms with E-state index in [1.807, 2.05) is 30.3 Å². The Kier molecular flexibility index (Phi) is 5.60. The molecule has 0 aliphatic rings. The fourth-order valence-corrected chi connectivity index (χ4v) is 2.75. The summed E-state index contributed by atoms with van der Waals surface area (Å²) in [6.07, 6.45) is 1.61. The van der Waals surface area contributed by atoms with Crippen LogP contribution in [-0.4, -0.2) is 25.7 Å². The van der Waals surface area contributed by atoms with Crippen LogP contribution in [-0.2, 0) is 6.54 Å². The SMILES string of the molecule is CC(=O)c1cccc(NC(=S)Nc2ncn(Cc3cccc(Cl)c3)n2)c1. The molecule has 2 aromatic carbocycles. The molecule has 0 saturated carbocycles. The number of ketones is 1. The van der Waals surface area contributed by atoms with Gasteiger partial charge in [0.2, 0.25) is 5.95 Å². The number of anilines is 2. The Bertz CT molecular complexity index is 956. The number of nitrogens with zero attached hydrogens (tertiary/aromatic N) is 3. The van der Waals surface area contributed by atoms with Gasteiger partial charge < -0.3 is 5.32 Å². The van der Waals surface area contributed by atoms with E-state index in [1.54, 1.807) is 29.2 Å². The molecule has 0 aliphatic heterocycles. The first-order valence-corrected chi connectivity index (χ1v) is 8.61. The molecule has 26 heavy (non-hydrogen) atoms. The van der Waals surface area contributed by atoms with E-state index in [1.165, 1.54) is 6.92 Å². The molecule has 0 aliphatic carbocycles. The topological polar surface area (TPSA) is 71.8 Å². The van der Waals surface area contributed by atoms with Crippen LogP contribution in [0.5, 0.6) is 0 Å². The summed E-state index contributed by atoms with van der Waals surface area (Å²) >= 11 is 11.3. The third-order valence-corrected chi connectivity index (χ3v) is 3.96. The van der Waals surface area contributed by atoms with Crippen molar-refractivity contribution >= 4 is 46.4 Å². The van der Waals surface area contributed by atoms with Crippen LogP contribution in [0.25, 0.3) is 0 Å². The van der Waals surface area contributed by atoms with Gasteiger partial charge in [0.1, 0.15) is 6.33 Å². The molecule has 1 aromatic heterocycles. The van der Waals surface area contributed by atoms with Crippen LogP contribution in [0, 0.1) is 0 Å². The zero-order chi connectivity index (χ0) is 18.5. The number of carbonyl (C=O) groups excluding carboxylic acids is 1. The van der Waals surface area contributed by atoms with Crippen molar-refractivity contribution in [2.45, 2.75) is 13.5 Å². The Labute approximate surface area is 161 Å². The van der Waals surface area contributed by atoms with Crippen molar-refractivity contribution in [2.75, 3.05) is 10.6 Å². The standard InChI is InChI=1S/C18H16ClN5OS/c1-12(25)14-5-3-7-16(9-14)21-18(26)22-17-20-11-24(23-17)10-13-4-2-6-15(19)8-13/h2-9,11H,10H2,1H3,(H2,21,22,23,26). The summed E-state index contributed by atoms with van der Waals surface area (Å²) in [7, 11) is 0. The van der Waals surface area contributed by atoms with Gasteiger partial charge in [-0.15, -0.1) is 5.10 Å². The van der Waals surface area contributed by atoms with Crippen molar-refractivity contribution in [3.8, 4) is 0 Å². The van der Waals surface area contributed by atoms with Gasteiger partial charge in [-0.1, -0.05) is 35.9 Å². The van der Waals surface area contributed by atoms with E-state index >= 15 is 0 Å². The van der Waals surface area contributed by atoms with Gasteiger partial charge in [0, 0.05) is 16.3 Å². The fourth-order valence-electron chi connectivity index (χ4n) is 2.33. The molecule has 3 rings (SSSR count). The van der Waals surface area contributed by atoms with Crippen LogP contribution < -0.4 is 10.6 Å². The van der Waals surface area contributed by atoms with Crippen molar-refractivity contribution in [1.29, 1.82) is 0 Å². The predicted octanol–water partition coefficient (Wildman–Crippen LogP) is 3.99. The molecule has 0 atom stereocenters. The average molecular weight is 386 g/mol. The van der Waals surface area contributed by atoms with Crippen molar-refractivity contribution < 1.29 is 4.79 Å². The third kappa shape index (κ3) is 4.87. The van der Waals surface area contributed by atoms with Gasteiger partial charge in [0.05, 0.1) is 6.54 Å². The summed E-state index contributed by atoms with van der Waals surface area (Å²) in [5.41, 5.74) is 2.35. The van der Waals surface area contributed by atoms with Crippen molar-refractivity contribution in [3.63, 3.8) is 0 Å². The smallest absolute Gasteiger partial charge is 0.248 e. The molecule has 0 unspecified atom stereocenters. The van der Waals surface area contributed by atoms with E-state index in [0.29, 0.717) is 33.9 Å². The molecule has 2 N–H and O–H groups in total. The highest BCUT2D eigenvalue weighted by molar-refractivity contribution is 7.80. The number of hydrogen-bond acceptors (Lipinski definition) is 4. The normalized spacial score (nSPS) is 10.4. The van der Waals surface area contributed by atoms with E-state index in [4.69, 9.17) is 23.8 Å². The first-order chi connectivity index (χ1) is 12.5. The molecule has 1 heterocycles. The molecule has 0 radical (unpaired) electrons. The lowest BCUT2D eigenvalue weighted by atomic mass is 10.1. The lowest BCUT2D eigenvalue weighted by Gasteiger charge is -2.08. The maximum Gasteiger partial charge on any atom is 0.248 e. The van der Waals surface area contributed by atoms with Gasteiger partial charge in [-0.05, 0) is 49.0 Å². The third-order valence-electron chi connectivity index (χ3n) is 3.52. The van der Waals surface area contributed by atoms with Crippen molar-refractivity contribution in [2.24, 2.45) is 0 Å². The van der Waals surface area contributed by atoms with Crippen LogP contribution in [0.1, 0.15) is 22.8 Å². The molecular formula is C18H16ClN5OS. The molecule has 0 bridgehead atoms. The van der Waals surface area contributed by atoms with Crippen LogP contribution in [0.3, 0.4) is 0 Å². The molecule has 3 aromatic rings. The van der Waals surface area contributed by atoms with Gasteiger partial charge in [-0.2, -0.15) is 0 Å². The molecule has 8 heteroatoms. The zero-order valence-electron chi connectivity index (χ0n) is 13.9. The monoisotopic (exact) mass is 385 g/mol. The Balaban J connectivity index is 1.61. The Morgan fingerprint density at radius 3 is 2.77 bits per heavy atom. The molecule has 0 saturated heterocycles. The number of halogens is 1. The predicted molar refractivity (Wildman–Crippen MR) is 107 cm³/mol. The molecule has 0 amide bonds. The number of rotatable bonds is 5. The summed E-state index contributed by atoms with van der Waals surface area (Å²) in [5, 5.41) is 11.3. The Morgan fingerprint density at radius 2 is 2.00 bits per heavy atom. The molecule has 132 valence electrons. The first-order valence-electron chi connectivity index (χ1n) is 7.82. The van der Waals surface area contributed by atoms with E-state index in [0.717, 1.165) is 5.56 Å². The van der Waals surface area contributed by atoms with Gasteiger partial charge >= 0.3 is 0 Å². The largest absolute Gasteiger partial charge is 0.332 e. The van der Waals surface area contributed by atoms with Crippen LogP contribution in [0.2, 0.25) is 5.02 Å². The minimum Gasteiger partial charge on any atom is -0.332 e. The molecular weight excluding hydrogens is 370 g/mol. The number of Topliss-reactive ketones (excluding diaryl/α,β-unsaturated/α-hetero) is 1. The lowest BCUT2D eigenvalue weighted by molar-refractivity contribution is 0.101. The van der Waals surface area contributed by atoms with Crippen LogP contribution >= 0.6 is 23.8 Å². The quantitative estimate of drug-likeness (QED) is 0.511. The van der Waals surface area contributed by atoms with Gasteiger partial charge in [-0.3, -0.25) is 10.1 Å². The minimum absolute atomic E-state index is 0.00560. The summed E-state index contributed by atoms with van der Waals surface area (Å²) in [6, 6.07) is 14.7. The van der Waals surface area contributed by atoms with Crippen LogP contribution in [0.15, 0.2) is 54.9 Å². The maximum absolute atomic E-state index is 11.4. The number of carbonyl (C=O) groups is 1. The van der Waals surface area contributed by atoms with Gasteiger partial charge in [0.15, 0.2) is 10.9 Å². The minimum atomic E-state index is -0.00560. The molecule has 0 fully saturated rings. The zero-order valence-corrected chi connectivity index (χ0v) is 15.5. The van der Waals surface area contributed by atoms with Gasteiger partial charge in [0.25, 0.3) is 0 Å². The average Bonchev–Trinajstić information content (AvgIpc) is 3.01. The highest BCUT2D eigenvalue weighted by Gasteiger charge is 2.06. The maximum atomic E-state index is 11.4. The fraction of sp³-hybridized carbons (Fsp3) is 0.111. The Hall–Kier alpha value is -2.77. The Morgan fingerprint density at radius 1 is 1.19 bits per heavy atom. The second-order valence-electron chi connectivity index (χ2n) is 5.61. The molecule has 6 nitrogen and oxygen atoms in total. The van der Waals surface area contributed by atoms with E-state index in [2.05, 4.69) is 20.7 Å². The molecule has 0 spiro atoms. The van der Waals surface area contributed by atoms with Gasteiger partial charge in [-0.25, -0.2) is 9.67 Å². The highest BCUT2D eigenvalue weighted by atomic mass is 35.5. The first kappa shape index (κ1) is 18.0. The lowest BCUT2D eigenvalue weighted by Crippen LogP contribution is -2.20. The number of hydrogen-bond donors (Lipinski definition) is 2. The van der Waals surface area contributed by atoms with E-state index in [9.17, 15) is 4.79 Å². The summed E-state index contributed by atoms with van der Waals surface area (Å²) < 4.78 is 1.69. The van der Waals surface area contributed by atoms with E-state index < -0.39 is 0 Å². The van der Waals surface area contributed by atoms with E-state index in [-0.39, 0.29) is 5.78 Å². The second-order valence-corrected chi connectivity index (χ2v) is 6.46. The number of nitrogens with one attached hydrogen (secondary N) is 2. The number of aromatic nitrogens is 3.